The van der Waals surface area contributed by atoms with Crippen LogP contribution in [0, 0.1) is 0 Å². The number of benzene rings is 2. The van der Waals surface area contributed by atoms with Crippen LogP contribution >= 0.6 is 0 Å². The first-order valence-electron chi connectivity index (χ1n) is 11.0. The van der Waals surface area contributed by atoms with Crippen molar-refractivity contribution >= 4 is 27.3 Å². The first-order valence-corrected chi connectivity index (χ1v) is 12.4. The molecule has 190 valence electrons. The van der Waals surface area contributed by atoms with Gasteiger partial charge in [0.05, 0.1) is 38.0 Å². The van der Waals surface area contributed by atoms with Crippen LogP contribution in [0.25, 0.3) is 16.9 Å². The number of hydrogen-bond acceptors (Lipinski definition) is 8. The number of nitrogens with one attached hydrogen (secondary N) is 1. The summed E-state index contributed by atoms with van der Waals surface area (Å²) in [6.45, 7) is 1.52. The van der Waals surface area contributed by atoms with Crippen molar-refractivity contribution in [2.24, 2.45) is 0 Å². The lowest BCUT2D eigenvalue weighted by atomic mass is 10.1. The molecule has 2 aromatic heterocycles. The zero-order chi connectivity index (χ0) is 24.4. The van der Waals surface area contributed by atoms with E-state index in [0.29, 0.717) is 60.8 Å². The Kier molecular flexibility index (Phi) is 7.43. The monoisotopic (exact) mass is 511 g/mol. The highest BCUT2D eigenvalue weighted by Crippen LogP contribution is 2.33. The van der Waals surface area contributed by atoms with Gasteiger partial charge in [-0.05, 0) is 42.5 Å². The number of sulfonamides is 1. The molecule has 10 nitrogen and oxygen atoms in total. The van der Waals surface area contributed by atoms with Crippen molar-refractivity contribution in [1.29, 1.82) is 0 Å². The van der Waals surface area contributed by atoms with E-state index in [1.54, 1.807) is 50.9 Å². The van der Waals surface area contributed by atoms with Gasteiger partial charge in [-0.15, -0.1) is 0 Å². The van der Waals surface area contributed by atoms with E-state index in [-0.39, 0.29) is 12.3 Å². The smallest absolute Gasteiger partial charge is 0.243 e. The molecule has 0 radical (unpaired) electrons. The molecule has 1 saturated heterocycles. The molecule has 1 aliphatic heterocycles. The van der Waals surface area contributed by atoms with Gasteiger partial charge < -0.3 is 19.5 Å². The third kappa shape index (κ3) is 4.85. The standard InChI is InChI=1S/C24H25N5O5S.CH4/c1-32-21-8-3-17(15-22(21)33-2)20-16-23-25-9-10-29(23)24(27-20)26-18-4-6-19(7-5-18)35(30,31)28-11-13-34-14-12-28;/h3-10,15-16H,11-14H2,1-2H3,(H,26,27);1H4. The molecular weight excluding hydrogens is 482 g/mol. The molecule has 0 saturated carbocycles. The number of methoxy groups -OCH3 is 2. The summed E-state index contributed by atoms with van der Waals surface area (Å²) in [7, 11) is -0.385. The van der Waals surface area contributed by atoms with Gasteiger partial charge in [-0.1, -0.05) is 7.43 Å². The highest BCUT2D eigenvalue weighted by Gasteiger charge is 2.26. The first-order chi connectivity index (χ1) is 17.0. The van der Waals surface area contributed by atoms with Gasteiger partial charge in [-0.2, -0.15) is 4.31 Å². The molecule has 2 aromatic carbocycles. The molecule has 1 fully saturated rings. The number of ether oxygens (including phenoxy) is 3. The quantitative estimate of drug-likeness (QED) is 0.399. The van der Waals surface area contributed by atoms with E-state index in [2.05, 4.69) is 10.3 Å². The number of aromatic nitrogens is 3. The van der Waals surface area contributed by atoms with Gasteiger partial charge in [0, 0.05) is 42.8 Å². The van der Waals surface area contributed by atoms with Gasteiger partial charge in [0.15, 0.2) is 11.5 Å². The molecular formula is C25H29N5O5S. The molecule has 36 heavy (non-hydrogen) atoms. The Morgan fingerprint density at radius 2 is 1.69 bits per heavy atom. The van der Waals surface area contributed by atoms with E-state index in [1.807, 2.05) is 28.7 Å². The summed E-state index contributed by atoms with van der Waals surface area (Å²) in [6, 6.07) is 14.1. The van der Waals surface area contributed by atoms with Crippen LogP contribution in [0.5, 0.6) is 11.5 Å². The zero-order valence-electron chi connectivity index (χ0n) is 19.3. The molecule has 0 spiro atoms. The summed E-state index contributed by atoms with van der Waals surface area (Å²) >= 11 is 0. The minimum absolute atomic E-state index is 0. The second-order valence-electron chi connectivity index (χ2n) is 7.86. The van der Waals surface area contributed by atoms with Crippen LogP contribution in [-0.4, -0.2) is 67.6 Å². The van der Waals surface area contributed by atoms with Crippen molar-refractivity contribution in [3.05, 3.63) is 60.9 Å². The molecule has 5 rings (SSSR count). The number of nitrogens with zero attached hydrogens (tertiary/aromatic N) is 4. The minimum atomic E-state index is -3.56. The lowest BCUT2D eigenvalue weighted by Gasteiger charge is -2.26. The Morgan fingerprint density at radius 1 is 0.972 bits per heavy atom. The van der Waals surface area contributed by atoms with E-state index < -0.39 is 10.0 Å². The van der Waals surface area contributed by atoms with Gasteiger partial charge in [-0.3, -0.25) is 4.40 Å². The number of fused-ring (bicyclic) bond motifs is 1. The van der Waals surface area contributed by atoms with E-state index in [4.69, 9.17) is 19.2 Å². The Bertz CT molecular complexity index is 1450. The van der Waals surface area contributed by atoms with Crippen LogP contribution in [-0.2, 0) is 14.8 Å². The molecule has 0 atom stereocenters. The fourth-order valence-electron chi connectivity index (χ4n) is 3.93. The first kappa shape index (κ1) is 25.4. The SMILES string of the molecule is C.COc1ccc(-c2cc3nccn3c(Nc3ccc(S(=O)(=O)N4CCOCC4)cc3)n2)cc1OC. The van der Waals surface area contributed by atoms with Crippen LogP contribution in [0.15, 0.2) is 65.8 Å². The lowest BCUT2D eigenvalue weighted by Crippen LogP contribution is -2.40. The third-order valence-electron chi connectivity index (χ3n) is 5.79. The van der Waals surface area contributed by atoms with Crippen LogP contribution in [0.1, 0.15) is 7.43 Å². The van der Waals surface area contributed by atoms with E-state index in [1.165, 1.54) is 4.31 Å². The van der Waals surface area contributed by atoms with E-state index in [0.717, 1.165) is 5.56 Å². The molecule has 0 aliphatic carbocycles. The van der Waals surface area contributed by atoms with E-state index in [9.17, 15) is 8.42 Å². The van der Waals surface area contributed by atoms with Crippen molar-refractivity contribution < 1.29 is 22.6 Å². The van der Waals surface area contributed by atoms with Gasteiger partial charge in [0.25, 0.3) is 0 Å². The number of imidazole rings is 1. The van der Waals surface area contributed by atoms with Crippen molar-refractivity contribution in [2.45, 2.75) is 12.3 Å². The topological polar surface area (TPSA) is 107 Å². The maximum atomic E-state index is 12.9. The molecule has 11 heteroatoms. The summed E-state index contributed by atoms with van der Waals surface area (Å²) < 4.78 is 45.1. The summed E-state index contributed by atoms with van der Waals surface area (Å²) in [5.41, 5.74) is 2.93. The predicted octanol–water partition coefficient (Wildman–Crippen LogP) is 3.81. The number of hydrogen-bond donors (Lipinski definition) is 1. The van der Waals surface area contributed by atoms with Crippen molar-refractivity contribution in [3.8, 4) is 22.8 Å². The van der Waals surface area contributed by atoms with Crippen molar-refractivity contribution in [2.75, 3.05) is 45.8 Å². The molecule has 0 amide bonds. The molecule has 0 unspecified atom stereocenters. The molecule has 3 heterocycles. The van der Waals surface area contributed by atoms with Crippen LogP contribution in [0.3, 0.4) is 0 Å². The highest BCUT2D eigenvalue weighted by atomic mass is 32.2. The Morgan fingerprint density at radius 3 is 2.39 bits per heavy atom. The predicted molar refractivity (Wildman–Crippen MR) is 138 cm³/mol. The highest BCUT2D eigenvalue weighted by molar-refractivity contribution is 7.89. The minimum Gasteiger partial charge on any atom is -0.493 e. The second kappa shape index (κ2) is 10.5. The van der Waals surface area contributed by atoms with Gasteiger partial charge in [0.1, 0.15) is 5.65 Å². The van der Waals surface area contributed by atoms with E-state index >= 15 is 0 Å². The molecule has 1 N–H and O–H groups in total. The maximum absolute atomic E-state index is 12.9. The fourth-order valence-corrected chi connectivity index (χ4v) is 5.34. The molecule has 4 aromatic rings. The summed E-state index contributed by atoms with van der Waals surface area (Å²) in [6.07, 6.45) is 3.50. The Hall–Kier alpha value is -3.67. The van der Waals surface area contributed by atoms with Crippen LogP contribution in [0.2, 0.25) is 0 Å². The normalized spacial score (nSPS) is 14.3. The Balaban J connectivity index is 0.00000304. The lowest BCUT2D eigenvalue weighted by molar-refractivity contribution is 0.0730. The summed E-state index contributed by atoms with van der Waals surface area (Å²) in [5.74, 6) is 1.76. The number of morpholine rings is 1. The average Bonchev–Trinajstić information content (AvgIpc) is 3.38. The molecule has 1 aliphatic rings. The Labute approximate surface area is 210 Å². The number of anilines is 2. The van der Waals surface area contributed by atoms with Gasteiger partial charge in [-0.25, -0.2) is 18.4 Å². The van der Waals surface area contributed by atoms with Gasteiger partial charge >= 0.3 is 0 Å². The summed E-state index contributed by atoms with van der Waals surface area (Å²) in [4.78, 5) is 9.44. The van der Waals surface area contributed by atoms with Crippen LogP contribution in [0.4, 0.5) is 11.6 Å². The van der Waals surface area contributed by atoms with Crippen molar-refractivity contribution in [3.63, 3.8) is 0 Å². The van der Waals surface area contributed by atoms with Crippen molar-refractivity contribution in [1.82, 2.24) is 18.7 Å². The van der Waals surface area contributed by atoms with Crippen LogP contribution < -0.4 is 14.8 Å². The summed E-state index contributed by atoms with van der Waals surface area (Å²) in [5, 5.41) is 3.28. The fraction of sp³-hybridized carbons (Fsp3) is 0.280. The average molecular weight is 512 g/mol. The maximum Gasteiger partial charge on any atom is 0.243 e. The second-order valence-corrected chi connectivity index (χ2v) is 9.79. The largest absolute Gasteiger partial charge is 0.493 e. The number of rotatable bonds is 7. The molecule has 0 bridgehead atoms. The zero-order valence-corrected chi connectivity index (χ0v) is 20.2. The third-order valence-corrected chi connectivity index (χ3v) is 7.70. The van der Waals surface area contributed by atoms with Gasteiger partial charge in [0.2, 0.25) is 16.0 Å².